The normalized spacial score (nSPS) is 13.9. The molecular formula is C9H5ClF2O4. The van der Waals surface area contributed by atoms with Gasteiger partial charge in [0.25, 0.3) is 0 Å². The van der Waals surface area contributed by atoms with Gasteiger partial charge < -0.3 is 14.6 Å². The Morgan fingerprint density at radius 1 is 1.38 bits per heavy atom. The number of carboxylic acids is 1. The summed E-state index contributed by atoms with van der Waals surface area (Å²) in [5.41, 5.74) is -0.814. The quantitative estimate of drug-likeness (QED) is 0.875. The van der Waals surface area contributed by atoms with Crippen molar-refractivity contribution in [2.24, 2.45) is 0 Å². The molecule has 7 heteroatoms. The predicted octanol–water partition coefficient (Wildman–Crippen LogP) is 2.25. The zero-order chi connectivity index (χ0) is 11.9. The summed E-state index contributed by atoms with van der Waals surface area (Å²) in [5.74, 6) is -6.05. The summed E-state index contributed by atoms with van der Waals surface area (Å²) >= 11 is 5.56. The predicted molar refractivity (Wildman–Crippen MR) is 49.1 cm³/mol. The van der Waals surface area contributed by atoms with Crippen molar-refractivity contribution in [3.05, 3.63) is 22.7 Å². The molecule has 0 bridgehead atoms. The van der Waals surface area contributed by atoms with Crippen molar-refractivity contribution in [3.63, 3.8) is 0 Å². The maximum absolute atomic E-state index is 13.2. The highest BCUT2D eigenvalue weighted by molar-refractivity contribution is 6.32. The first-order valence-electron chi connectivity index (χ1n) is 4.13. The first kappa shape index (κ1) is 10.9. The van der Waals surface area contributed by atoms with E-state index in [0.29, 0.717) is 0 Å². The van der Waals surface area contributed by atoms with Gasteiger partial charge in [0, 0.05) is 6.07 Å². The van der Waals surface area contributed by atoms with Crippen LogP contribution in [0.2, 0.25) is 5.02 Å². The summed E-state index contributed by atoms with van der Waals surface area (Å²) in [6.45, 7) is -0.103. The fourth-order valence-electron chi connectivity index (χ4n) is 1.27. The number of carboxylic acid groups (broad SMARTS) is 1. The van der Waals surface area contributed by atoms with Crippen LogP contribution >= 0.6 is 11.6 Å². The first-order chi connectivity index (χ1) is 7.43. The van der Waals surface area contributed by atoms with Crippen LogP contribution in [0.25, 0.3) is 0 Å². The zero-order valence-corrected chi connectivity index (χ0v) is 8.42. The number of halogens is 3. The zero-order valence-electron chi connectivity index (χ0n) is 7.67. The average molecular weight is 251 g/mol. The lowest BCUT2D eigenvalue weighted by Gasteiger charge is -2.13. The Labute approximate surface area is 93.3 Å². The van der Waals surface area contributed by atoms with Gasteiger partial charge in [-0.05, 0) is 6.07 Å². The van der Waals surface area contributed by atoms with Crippen LogP contribution in [0.15, 0.2) is 12.1 Å². The fraction of sp³-hybridized carbons (Fsp3) is 0.222. The second-order valence-electron chi connectivity index (χ2n) is 3.06. The molecule has 0 unspecified atom stereocenters. The Kier molecular flexibility index (Phi) is 2.38. The van der Waals surface area contributed by atoms with Crippen molar-refractivity contribution in [2.45, 2.75) is 5.92 Å². The topological polar surface area (TPSA) is 55.8 Å². The van der Waals surface area contributed by atoms with E-state index in [0.717, 1.165) is 12.1 Å². The van der Waals surface area contributed by atoms with Gasteiger partial charge >= 0.3 is 11.9 Å². The summed E-state index contributed by atoms with van der Waals surface area (Å²) in [6.07, 6.45) is 0. The third kappa shape index (κ3) is 1.55. The molecule has 1 aliphatic rings. The van der Waals surface area contributed by atoms with E-state index in [9.17, 15) is 13.6 Å². The molecule has 1 aromatic rings. The minimum atomic E-state index is -4.06. The molecule has 1 heterocycles. The maximum Gasteiger partial charge on any atom is 0.379 e. The number of benzene rings is 1. The average Bonchev–Trinajstić information content (AvgIpc) is 2.62. The number of hydrogen-bond acceptors (Lipinski definition) is 3. The molecular weight excluding hydrogens is 246 g/mol. The van der Waals surface area contributed by atoms with Crippen molar-refractivity contribution in [1.82, 2.24) is 0 Å². The second kappa shape index (κ2) is 3.48. The highest BCUT2D eigenvalue weighted by atomic mass is 35.5. The molecule has 0 aliphatic carbocycles. The molecule has 0 saturated heterocycles. The van der Waals surface area contributed by atoms with Crippen LogP contribution in [0.3, 0.4) is 0 Å². The molecule has 0 radical (unpaired) electrons. The third-order valence-corrected chi connectivity index (χ3v) is 2.38. The van der Waals surface area contributed by atoms with Gasteiger partial charge in [0.2, 0.25) is 6.79 Å². The molecule has 0 amide bonds. The Balaban J connectivity index is 2.54. The Bertz CT molecular complexity index is 461. The van der Waals surface area contributed by atoms with Crippen LogP contribution < -0.4 is 9.47 Å². The molecule has 86 valence electrons. The van der Waals surface area contributed by atoms with Gasteiger partial charge in [-0.3, -0.25) is 0 Å². The lowest BCUT2D eigenvalue weighted by molar-refractivity contribution is -0.166. The van der Waals surface area contributed by atoms with E-state index in [1.165, 1.54) is 0 Å². The largest absolute Gasteiger partial charge is 0.477 e. The number of fused-ring (bicyclic) bond motifs is 1. The van der Waals surface area contributed by atoms with E-state index < -0.39 is 17.5 Å². The highest BCUT2D eigenvalue weighted by Crippen LogP contribution is 2.42. The van der Waals surface area contributed by atoms with Gasteiger partial charge in [-0.15, -0.1) is 0 Å². The van der Waals surface area contributed by atoms with Gasteiger partial charge in [-0.1, -0.05) is 11.6 Å². The monoisotopic (exact) mass is 250 g/mol. The Morgan fingerprint density at radius 3 is 2.50 bits per heavy atom. The first-order valence-corrected chi connectivity index (χ1v) is 4.51. The Hall–Kier alpha value is -1.56. The van der Waals surface area contributed by atoms with Crippen LogP contribution in [0.1, 0.15) is 5.56 Å². The van der Waals surface area contributed by atoms with Crippen LogP contribution in [0, 0.1) is 0 Å². The van der Waals surface area contributed by atoms with E-state index in [2.05, 4.69) is 0 Å². The molecule has 1 N–H and O–H groups in total. The van der Waals surface area contributed by atoms with Crippen molar-refractivity contribution < 1.29 is 28.2 Å². The molecule has 0 atom stereocenters. The molecule has 2 rings (SSSR count). The second-order valence-corrected chi connectivity index (χ2v) is 3.47. The summed E-state index contributed by atoms with van der Waals surface area (Å²) in [4.78, 5) is 10.4. The number of rotatable bonds is 2. The van der Waals surface area contributed by atoms with Gasteiger partial charge in [-0.25, -0.2) is 4.79 Å². The molecule has 0 saturated carbocycles. The summed E-state index contributed by atoms with van der Waals surface area (Å²) in [6, 6.07) is 1.98. The van der Waals surface area contributed by atoms with E-state index in [-0.39, 0.29) is 23.3 Å². The number of ether oxygens (including phenoxy) is 2. The van der Waals surface area contributed by atoms with E-state index in [1.54, 1.807) is 0 Å². The summed E-state index contributed by atoms with van der Waals surface area (Å²) in [7, 11) is 0. The fourth-order valence-corrected chi connectivity index (χ4v) is 1.55. The van der Waals surface area contributed by atoms with E-state index >= 15 is 0 Å². The molecule has 0 fully saturated rings. The van der Waals surface area contributed by atoms with Crippen molar-refractivity contribution >= 4 is 17.6 Å². The van der Waals surface area contributed by atoms with Crippen molar-refractivity contribution in [3.8, 4) is 11.5 Å². The number of aliphatic carboxylic acids is 1. The number of alkyl halides is 2. The van der Waals surface area contributed by atoms with Gasteiger partial charge in [0.05, 0.1) is 10.6 Å². The molecule has 16 heavy (non-hydrogen) atoms. The standard InChI is InChI=1S/C9H5ClF2O4/c10-5-2-7-6(15-3-16-7)1-4(5)9(11,12)8(13)14/h1-2H,3H2,(H,13,14). The SMILES string of the molecule is O=C(O)C(F)(F)c1cc2c(cc1Cl)OCO2. The number of carbonyl (C=O) groups is 1. The van der Waals surface area contributed by atoms with Crippen LogP contribution in [-0.4, -0.2) is 17.9 Å². The minimum Gasteiger partial charge on any atom is -0.477 e. The Morgan fingerprint density at radius 2 is 1.94 bits per heavy atom. The van der Waals surface area contributed by atoms with Crippen LogP contribution in [0.5, 0.6) is 11.5 Å². The molecule has 1 aliphatic heterocycles. The lowest BCUT2D eigenvalue weighted by atomic mass is 10.1. The van der Waals surface area contributed by atoms with Crippen LogP contribution in [-0.2, 0) is 10.7 Å². The maximum atomic E-state index is 13.2. The minimum absolute atomic E-state index is 0.0559. The summed E-state index contributed by atoms with van der Waals surface area (Å²) < 4.78 is 36.2. The molecule has 0 spiro atoms. The highest BCUT2D eigenvalue weighted by Gasteiger charge is 2.43. The summed E-state index contributed by atoms with van der Waals surface area (Å²) in [5, 5.41) is 8.01. The van der Waals surface area contributed by atoms with Crippen LogP contribution in [0.4, 0.5) is 8.78 Å². The van der Waals surface area contributed by atoms with Gasteiger partial charge in [0.15, 0.2) is 11.5 Å². The van der Waals surface area contributed by atoms with E-state index in [4.69, 9.17) is 26.2 Å². The van der Waals surface area contributed by atoms with Gasteiger partial charge in [0.1, 0.15) is 0 Å². The van der Waals surface area contributed by atoms with Gasteiger partial charge in [-0.2, -0.15) is 8.78 Å². The lowest BCUT2D eigenvalue weighted by Crippen LogP contribution is -2.25. The molecule has 0 aromatic heterocycles. The van der Waals surface area contributed by atoms with Crippen molar-refractivity contribution in [2.75, 3.05) is 6.79 Å². The van der Waals surface area contributed by atoms with Crippen molar-refractivity contribution in [1.29, 1.82) is 0 Å². The molecule has 1 aromatic carbocycles. The number of hydrogen-bond donors (Lipinski definition) is 1. The van der Waals surface area contributed by atoms with E-state index in [1.807, 2.05) is 0 Å². The third-order valence-electron chi connectivity index (χ3n) is 2.07. The molecule has 4 nitrogen and oxygen atoms in total. The smallest absolute Gasteiger partial charge is 0.379 e.